The summed E-state index contributed by atoms with van der Waals surface area (Å²) in [5.74, 6) is 1.01. The number of nitrogens with zero attached hydrogens (tertiary/aromatic N) is 4. The minimum absolute atomic E-state index is 0.0377. The monoisotopic (exact) mass is 274 g/mol. The van der Waals surface area contributed by atoms with E-state index in [0.717, 1.165) is 32.0 Å². The smallest absolute Gasteiger partial charge is 0.282 e. The first kappa shape index (κ1) is 12.1. The van der Waals surface area contributed by atoms with Crippen LogP contribution in [0.25, 0.3) is 0 Å². The maximum atomic E-state index is 12.1. The molecule has 2 aromatic rings. The summed E-state index contributed by atoms with van der Waals surface area (Å²) in [5.41, 5.74) is 0. The van der Waals surface area contributed by atoms with Crippen LogP contribution in [0.5, 0.6) is 0 Å². The summed E-state index contributed by atoms with van der Waals surface area (Å²) in [5, 5.41) is 2.41. The minimum atomic E-state index is 0.0377. The Morgan fingerprint density at radius 1 is 1.11 bits per heavy atom. The number of piperazine rings is 1. The Labute approximate surface area is 115 Å². The lowest BCUT2D eigenvalue weighted by atomic mass is 10.3. The van der Waals surface area contributed by atoms with Gasteiger partial charge < -0.3 is 9.80 Å². The molecule has 0 spiro atoms. The van der Waals surface area contributed by atoms with Crippen LogP contribution < -0.4 is 4.90 Å². The molecule has 5 nitrogen and oxygen atoms in total. The van der Waals surface area contributed by atoms with Gasteiger partial charge in [0.1, 0.15) is 5.82 Å². The topological polar surface area (TPSA) is 49.3 Å². The number of carbonyl (C=O) groups excluding carboxylic acids is 1. The zero-order chi connectivity index (χ0) is 13.1. The number of amides is 1. The molecule has 19 heavy (non-hydrogen) atoms. The van der Waals surface area contributed by atoms with Crippen molar-refractivity contribution in [2.75, 3.05) is 31.1 Å². The van der Waals surface area contributed by atoms with Crippen molar-refractivity contribution in [2.45, 2.75) is 0 Å². The first-order chi connectivity index (χ1) is 9.34. The molecule has 1 amide bonds. The van der Waals surface area contributed by atoms with Crippen LogP contribution in [-0.2, 0) is 0 Å². The van der Waals surface area contributed by atoms with Crippen LogP contribution in [0.2, 0.25) is 0 Å². The lowest BCUT2D eigenvalue weighted by Gasteiger charge is -2.34. The Morgan fingerprint density at radius 3 is 2.58 bits per heavy atom. The fourth-order valence-corrected chi connectivity index (χ4v) is 2.75. The Hall–Kier alpha value is -1.95. The van der Waals surface area contributed by atoms with Crippen molar-refractivity contribution >= 4 is 23.1 Å². The van der Waals surface area contributed by atoms with Gasteiger partial charge in [0, 0.05) is 44.0 Å². The summed E-state index contributed by atoms with van der Waals surface area (Å²) in [7, 11) is 0. The number of thiazole rings is 1. The molecule has 3 heterocycles. The highest BCUT2D eigenvalue weighted by Gasteiger charge is 2.23. The summed E-state index contributed by atoms with van der Waals surface area (Å²) >= 11 is 1.39. The second-order valence-corrected chi connectivity index (χ2v) is 5.20. The number of pyridine rings is 1. The van der Waals surface area contributed by atoms with E-state index in [0.29, 0.717) is 5.01 Å². The van der Waals surface area contributed by atoms with Crippen LogP contribution in [0.3, 0.4) is 0 Å². The first-order valence-electron chi connectivity index (χ1n) is 6.19. The maximum absolute atomic E-state index is 12.1. The molecule has 1 aliphatic heterocycles. The van der Waals surface area contributed by atoms with Crippen LogP contribution in [0.4, 0.5) is 5.82 Å². The molecule has 0 saturated carbocycles. The molecule has 1 aliphatic rings. The molecule has 0 N–H and O–H groups in total. The van der Waals surface area contributed by atoms with Gasteiger partial charge in [-0.25, -0.2) is 9.97 Å². The van der Waals surface area contributed by atoms with Gasteiger partial charge in [-0.05, 0) is 12.1 Å². The normalized spacial score (nSPS) is 15.6. The van der Waals surface area contributed by atoms with Crippen LogP contribution in [0.15, 0.2) is 36.0 Å². The Bertz CT molecular complexity index is 535. The fourth-order valence-electron chi connectivity index (χ4n) is 2.14. The summed E-state index contributed by atoms with van der Waals surface area (Å²) in [6.07, 6.45) is 3.46. The fraction of sp³-hybridized carbons (Fsp3) is 0.308. The number of hydrogen-bond acceptors (Lipinski definition) is 5. The predicted octanol–water partition coefficient (Wildman–Crippen LogP) is 1.50. The van der Waals surface area contributed by atoms with Gasteiger partial charge in [0.15, 0.2) is 5.01 Å². The van der Waals surface area contributed by atoms with Gasteiger partial charge in [0.2, 0.25) is 0 Å². The van der Waals surface area contributed by atoms with Crippen LogP contribution in [-0.4, -0.2) is 47.0 Å². The highest BCUT2D eigenvalue weighted by Crippen LogP contribution is 2.15. The summed E-state index contributed by atoms with van der Waals surface area (Å²) in [6, 6.07) is 5.89. The molecular weight excluding hydrogens is 260 g/mol. The van der Waals surface area contributed by atoms with Crippen molar-refractivity contribution in [3.05, 3.63) is 41.0 Å². The van der Waals surface area contributed by atoms with Gasteiger partial charge in [-0.1, -0.05) is 6.07 Å². The van der Waals surface area contributed by atoms with E-state index in [1.807, 2.05) is 28.5 Å². The van der Waals surface area contributed by atoms with E-state index in [1.165, 1.54) is 11.3 Å². The minimum Gasteiger partial charge on any atom is -0.353 e. The van der Waals surface area contributed by atoms with Crippen LogP contribution in [0, 0.1) is 0 Å². The second kappa shape index (κ2) is 5.36. The highest BCUT2D eigenvalue weighted by atomic mass is 32.1. The lowest BCUT2D eigenvalue weighted by Crippen LogP contribution is -2.49. The number of anilines is 1. The third-order valence-electron chi connectivity index (χ3n) is 3.16. The summed E-state index contributed by atoms with van der Waals surface area (Å²) in [4.78, 5) is 24.6. The number of rotatable bonds is 2. The largest absolute Gasteiger partial charge is 0.353 e. The van der Waals surface area contributed by atoms with Crippen molar-refractivity contribution in [1.29, 1.82) is 0 Å². The molecule has 1 fully saturated rings. The number of carbonyl (C=O) groups is 1. The van der Waals surface area contributed by atoms with Gasteiger partial charge in [-0.3, -0.25) is 4.79 Å². The third kappa shape index (κ3) is 2.58. The SMILES string of the molecule is O=C(c1nccs1)N1CCN(c2ccccn2)CC1. The average molecular weight is 274 g/mol. The Balaban J connectivity index is 1.62. The van der Waals surface area contributed by atoms with E-state index < -0.39 is 0 Å². The first-order valence-corrected chi connectivity index (χ1v) is 7.07. The predicted molar refractivity (Wildman–Crippen MR) is 74.5 cm³/mol. The van der Waals surface area contributed by atoms with Crippen molar-refractivity contribution in [3.8, 4) is 0 Å². The number of aromatic nitrogens is 2. The average Bonchev–Trinajstić information content (AvgIpc) is 3.02. The lowest BCUT2D eigenvalue weighted by molar-refractivity contribution is 0.0746. The van der Waals surface area contributed by atoms with E-state index in [9.17, 15) is 4.79 Å². The molecule has 0 atom stereocenters. The van der Waals surface area contributed by atoms with Gasteiger partial charge in [0.25, 0.3) is 5.91 Å². The van der Waals surface area contributed by atoms with E-state index in [1.54, 1.807) is 12.4 Å². The van der Waals surface area contributed by atoms with Gasteiger partial charge in [0.05, 0.1) is 0 Å². The molecule has 6 heteroatoms. The van der Waals surface area contributed by atoms with E-state index in [2.05, 4.69) is 14.9 Å². The Morgan fingerprint density at radius 2 is 1.95 bits per heavy atom. The molecule has 3 rings (SSSR count). The van der Waals surface area contributed by atoms with Gasteiger partial charge in [-0.2, -0.15) is 0 Å². The van der Waals surface area contributed by atoms with Crippen molar-refractivity contribution in [2.24, 2.45) is 0 Å². The molecule has 98 valence electrons. The highest BCUT2D eigenvalue weighted by molar-refractivity contribution is 7.11. The Kier molecular flexibility index (Phi) is 3.41. The van der Waals surface area contributed by atoms with E-state index >= 15 is 0 Å². The maximum Gasteiger partial charge on any atom is 0.282 e. The molecular formula is C13H14N4OS. The summed E-state index contributed by atoms with van der Waals surface area (Å²) < 4.78 is 0. The molecule has 1 saturated heterocycles. The molecule has 0 unspecified atom stereocenters. The number of hydrogen-bond donors (Lipinski definition) is 0. The van der Waals surface area contributed by atoms with Crippen molar-refractivity contribution in [3.63, 3.8) is 0 Å². The van der Waals surface area contributed by atoms with Crippen molar-refractivity contribution < 1.29 is 4.79 Å². The third-order valence-corrected chi connectivity index (χ3v) is 3.92. The second-order valence-electron chi connectivity index (χ2n) is 4.30. The van der Waals surface area contributed by atoms with Crippen LogP contribution >= 0.6 is 11.3 Å². The van der Waals surface area contributed by atoms with E-state index in [-0.39, 0.29) is 5.91 Å². The standard InChI is InChI=1S/C13H14N4OS/c18-13(12-15-5-10-19-12)17-8-6-16(7-9-17)11-3-1-2-4-14-11/h1-5,10H,6-9H2. The molecule has 0 radical (unpaired) electrons. The molecule has 0 aliphatic carbocycles. The quantitative estimate of drug-likeness (QED) is 0.832. The van der Waals surface area contributed by atoms with Crippen molar-refractivity contribution in [1.82, 2.24) is 14.9 Å². The van der Waals surface area contributed by atoms with E-state index in [4.69, 9.17) is 0 Å². The van der Waals surface area contributed by atoms with Gasteiger partial charge in [-0.15, -0.1) is 11.3 Å². The molecule has 0 aromatic carbocycles. The van der Waals surface area contributed by atoms with Crippen LogP contribution in [0.1, 0.15) is 9.80 Å². The zero-order valence-electron chi connectivity index (χ0n) is 10.4. The van der Waals surface area contributed by atoms with Gasteiger partial charge >= 0.3 is 0 Å². The zero-order valence-corrected chi connectivity index (χ0v) is 11.2. The summed E-state index contributed by atoms with van der Waals surface area (Å²) in [6.45, 7) is 3.06. The molecule has 2 aromatic heterocycles. The molecule has 0 bridgehead atoms.